The Bertz CT molecular complexity index is 683. The third kappa shape index (κ3) is 9.13. The van der Waals surface area contributed by atoms with E-state index in [0.29, 0.717) is 31.9 Å². The zero-order valence-electron chi connectivity index (χ0n) is 14.2. The zero-order chi connectivity index (χ0) is 20.4. The summed E-state index contributed by atoms with van der Waals surface area (Å²) in [4.78, 5) is 33.7. The predicted octanol–water partition coefficient (Wildman–Crippen LogP) is 3.07. The second-order valence-electron chi connectivity index (χ2n) is 5.50. The lowest BCUT2D eigenvalue weighted by Crippen LogP contribution is -2.29. The lowest BCUT2D eigenvalue weighted by molar-refractivity contribution is -0.147. The van der Waals surface area contributed by atoms with E-state index in [1.54, 1.807) is 0 Å². The van der Waals surface area contributed by atoms with Gasteiger partial charge >= 0.3 is 18.2 Å². The maximum atomic E-state index is 12.7. The first-order valence-electron chi connectivity index (χ1n) is 7.95. The van der Waals surface area contributed by atoms with Crippen molar-refractivity contribution in [2.75, 3.05) is 18.5 Å². The molecule has 0 spiro atoms. The third-order valence-corrected chi connectivity index (χ3v) is 3.62. The van der Waals surface area contributed by atoms with Crippen LogP contribution in [0.25, 0.3) is 0 Å². The van der Waals surface area contributed by atoms with Crippen molar-refractivity contribution < 1.29 is 32.3 Å². The van der Waals surface area contributed by atoms with Gasteiger partial charge in [0.15, 0.2) is 6.61 Å². The van der Waals surface area contributed by atoms with Crippen LogP contribution in [0, 0.1) is 0 Å². The Balaban J connectivity index is 2.35. The van der Waals surface area contributed by atoms with Gasteiger partial charge in [-0.3, -0.25) is 9.59 Å². The molecule has 1 aromatic rings. The number of anilines is 1. The summed E-state index contributed by atoms with van der Waals surface area (Å²) in [5, 5.41) is 4.50. The van der Waals surface area contributed by atoms with Crippen LogP contribution in [0.4, 0.5) is 23.7 Å². The number of ether oxygens (including phenoxy) is 1. The molecule has 150 valence electrons. The quantitative estimate of drug-likeness (QED) is 0.430. The van der Waals surface area contributed by atoms with Gasteiger partial charge in [0.2, 0.25) is 0 Å². The largest absolute Gasteiger partial charge is 0.456 e. The highest BCUT2D eigenvalue weighted by Crippen LogP contribution is 2.33. The molecule has 0 aliphatic rings. The summed E-state index contributed by atoms with van der Waals surface area (Å²) < 4.78 is 42.8. The number of hydrogen-bond acceptors (Lipinski definition) is 4. The summed E-state index contributed by atoms with van der Waals surface area (Å²) in [6.45, 7) is -0.251. The maximum absolute atomic E-state index is 12.7. The van der Waals surface area contributed by atoms with Crippen molar-refractivity contribution >= 4 is 35.2 Å². The Morgan fingerprint density at radius 3 is 2.48 bits per heavy atom. The molecule has 0 unspecified atom stereocenters. The van der Waals surface area contributed by atoms with Gasteiger partial charge in [-0.1, -0.05) is 18.0 Å². The van der Waals surface area contributed by atoms with E-state index in [-0.39, 0.29) is 17.1 Å². The van der Waals surface area contributed by atoms with Crippen LogP contribution >= 0.6 is 11.6 Å². The van der Waals surface area contributed by atoms with Crippen molar-refractivity contribution in [1.29, 1.82) is 0 Å². The van der Waals surface area contributed by atoms with E-state index in [0.717, 1.165) is 12.1 Å². The monoisotopic (exact) mass is 409 g/mol. The van der Waals surface area contributed by atoms with Gasteiger partial charge in [0, 0.05) is 13.0 Å². The van der Waals surface area contributed by atoms with E-state index in [9.17, 15) is 27.6 Å². The van der Waals surface area contributed by atoms with E-state index < -0.39 is 36.3 Å². The van der Waals surface area contributed by atoms with Crippen molar-refractivity contribution in [2.24, 2.45) is 5.73 Å². The van der Waals surface area contributed by atoms with Crippen molar-refractivity contribution in [3.05, 3.63) is 28.8 Å². The number of nitrogens with two attached hydrogens (primary N) is 1. The Labute approximate surface area is 158 Å². The highest BCUT2D eigenvalue weighted by Gasteiger charge is 2.31. The molecule has 1 aromatic carbocycles. The Hall–Kier alpha value is -2.49. The molecule has 0 radical (unpaired) electrons. The number of alkyl halides is 3. The molecule has 7 nitrogen and oxygen atoms in total. The molecule has 27 heavy (non-hydrogen) atoms. The highest BCUT2D eigenvalue weighted by atomic mass is 35.5. The van der Waals surface area contributed by atoms with E-state index in [1.165, 1.54) is 0 Å². The number of urea groups is 1. The fourth-order valence-corrected chi connectivity index (χ4v) is 2.15. The molecule has 0 saturated carbocycles. The van der Waals surface area contributed by atoms with E-state index in [2.05, 4.69) is 10.6 Å². The first kappa shape index (κ1) is 22.6. The summed E-state index contributed by atoms with van der Waals surface area (Å²) in [6, 6.07) is 1.87. The zero-order valence-corrected chi connectivity index (χ0v) is 15.0. The van der Waals surface area contributed by atoms with E-state index in [4.69, 9.17) is 22.1 Å². The third-order valence-electron chi connectivity index (χ3n) is 3.29. The minimum absolute atomic E-state index is 0.0637. The van der Waals surface area contributed by atoms with E-state index >= 15 is 0 Å². The first-order chi connectivity index (χ1) is 12.6. The van der Waals surface area contributed by atoms with Crippen molar-refractivity contribution in [3.8, 4) is 0 Å². The first-order valence-corrected chi connectivity index (χ1v) is 8.33. The number of carbonyl (C=O) groups excluding carboxylic acids is 3. The lowest BCUT2D eigenvalue weighted by atomic mass is 10.2. The van der Waals surface area contributed by atoms with Crippen LogP contribution in [-0.2, 0) is 20.5 Å². The van der Waals surface area contributed by atoms with Crippen LogP contribution in [0.15, 0.2) is 18.2 Å². The summed E-state index contributed by atoms with van der Waals surface area (Å²) >= 11 is 5.76. The standard InChI is InChI=1S/C16H19ClF3N3O4/c17-11-6-5-10(16(18,19)20)8-12(11)23-13(24)9-27-14(25)4-2-1-3-7-22-15(21)26/h5-6,8H,1-4,7,9H2,(H,23,24)(H3,21,22,26). The Kier molecular flexibility index (Phi) is 8.86. The van der Waals surface area contributed by atoms with Crippen LogP contribution < -0.4 is 16.4 Å². The molecule has 0 aliphatic heterocycles. The number of esters is 1. The van der Waals surface area contributed by atoms with Crippen LogP contribution in [0.3, 0.4) is 0 Å². The lowest BCUT2D eigenvalue weighted by Gasteiger charge is -2.12. The van der Waals surface area contributed by atoms with Crippen LogP contribution in [-0.4, -0.2) is 31.1 Å². The number of nitrogens with one attached hydrogen (secondary N) is 2. The topological polar surface area (TPSA) is 111 Å². The number of carbonyl (C=O) groups is 3. The number of primary amides is 1. The summed E-state index contributed by atoms with van der Waals surface area (Å²) in [5.74, 6) is -1.43. The average Bonchev–Trinajstić information content (AvgIpc) is 2.56. The molecule has 1 rings (SSSR count). The van der Waals surface area contributed by atoms with Gasteiger partial charge in [-0.15, -0.1) is 0 Å². The Morgan fingerprint density at radius 2 is 1.85 bits per heavy atom. The van der Waals surface area contributed by atoms with Gasteiger partial charge < -0.3 is 21.1 Å². The molecule has 0 bridgehead atoms. The van der Waals surface area contributed by atoms with Gasteiger partial charge in [0.25, 0.3) is 5.91 Å². The fraction of sp³-hybridized carbons (Fsp3) is 0.438. The fourth-order valence-electron chi connectivity index (χ4n) is 1.98. The smallest absolute Gasteiger partial charge is 0.416 e. The van der Waals surface area contributed by atoms with Gasteiger partial charge in [0.1, 0.15) is 0 Å². The van der Waals surface area contributed by atoms with Gasteiger partial charge in [-0.2, -0.15) is 13.2 Å². The highest BCUT2D eigenvalue weighted by molar-refractivity contribution is 6.33. The van der Waals surface area contributed by atoms with Crippen molar-refractivity contribution in [2.45, 2.75) is 31.9 Å². The second kappa shape index (κ2) is 10.6. The molecular formula is C16H19ClF3N3O4. The minimum atomic E-state index is -4.58. The predicted molar refractivity (Wildman–Crippen MR) is 92.1 cm³/mol. The number of benzene rings is 1. The van der Waals surface area contributed by atoms with Crippen molar-refractivity contribution in [1.82, 2.24) is 5.32 Å². The Morgan fingerprint density at radius 1 is 1.15 bits per heavy atom. The van der Waals surface area contributed by atoms with Crippen LogP contribution in [0.5, 0.6) is 0 Å². The van der Waals surface area contributed by atoms with Crippen LogP contribution in [0.2, 0.25) is 5.02 Å². The van der Waals surface area contributed by atoms with E-state index in [1.807, 2.05) is 0 Å². The molecule has 0 aromatic heterocycles. The van der Waals surface area contributed by atoms with Crippen molar-refractivity contribution in [3.63, 3.8) is 0 Å². The normalized spacial score (nSPS) is 11.0. The SMILES string of the molecule is NC(=O)NCCCCCC(=O)OCC(=O)Nc1cc(C(F)(F)F)ccc1Cl. The second-order valence-corrected chi connectivity index (χ2v) is 5.91. The molecule has 0 saturated heterocycles. The summed E-state index contributed by atoms with van der Waals surface area (Å²) in [7, 11) is 0. The number of halogens is 4. The van der Waals surface area contributed by atoms with Crippen LogP contribution in [0.1, 0.15) is 31.2 Å². The maximum Gasteiger partial charge on any atom is 0.416 e. The molecule has 0 atom stereocenters. The summed E-state index contributed by atoms with van der Waals surface area (Å²) in [6.07, 6.45) is -2.76. The average molecular weight is 410 g/mol. The number of amides is 3. The molecule has 4 N–H and O–H groups in total. The number of rotatable bonds is 9. The molecule has 0 heterocycles. The van der Waals surface area contributed by atoms with Gasteiger partial charge in [-0.05, 0) is 31.0 Å². The number of hydrogen-bond donors (Lipinski definition) is 3. The number of unbranched alkanes of at least 4 members (excludes halogenated alkanes) is 2. The molecule has 11 heteroatoms. The molecule has 0 aliphatic carbocycles. The summed E-state index contributed by atoms with van der Waals surface area (Å²) in [5.41, 5.74) is 3.70. The molecule has 3 amide bonds. The minimum Gasteiger partial charge on any atom is -0.456 e. The van der Waals surface area contributed by atoms with Gasteiger partial charge in [-0.25, -0.2) is 4.79 Å². The van der Waals surface area contributed by atoms with Gasteiger partial charge in [0.05, 0.1) is 16.3 Å². The molecular weight excluding hydrogens is 391 g/mol. The molecule has 0 fully saturated rings.